The van der Waals surface area contributed by atoms with Gasteiger partial charge in [0.05, 0.1) is 11.3 Å². The molecule has 3 amide bonds. The van der Waals surface area contributed by atoms with Crippen LogP contribution < -0.4 is 16.0 Å². The molecule has 1 aliphatic heterocycles. The van der Waals surface area contributed by atoms with Crippen molar-refractivity contribution < 1.29 is 14.4 Å². The number of fused-ring (bicyclic) bond motifs is 2. The highest BCUT2D eigenvalue weighted by Gasteiger charge is 2.22. The Morgan fingerprint density at radius 1 is 1.00 bits per heavy atom. The predicted octanol–water partition coefficient (Wildman–Crippen LogP) is 4.46. The Kier molecular flexibility index (Phi) is 6.61. The van der Waals surface area contributed by atoms with Gasteiger partial charge >= 0.3 is 0 Å². The molecule has 0 bridgehead atoms. The summed E-state index contributed by atoms with van der Waals surface area (Å²) in [5.74, 6) is 0.143. The van der Waals surface area contributed by atoms with Gasteiger partial charge in [-0.2, -0.15) is 0 Å². The fourth-order valence-electron chi connectivity index (χ4n) is 4.21. The maximum Gasteiger partial charge on any atom is 0.256 e. The van der Waals surface area contributed by atoms with Crippen LogP contribution in [0.5, 0.6) is 0 Å². The standard InChI is InChI=1S/C24H27N3O3S/c1-25-22(28)17-7-9-18-21(14-17)31-20-10-8-16(13-19(20)27-24(18)30)23(29)26-12-11-15-5-3-2-4-6-15/h7-10,13-15H,2-6,11-12H2,1H3,(H,25,28)(H,26,29)(H,27,30). The quantitative estimate of drug-likeness (QED) is 0.644. The van der Waals surface area contributed by atoms with E-state index in [0.717, 1.165) is 17.2 Å². The summed E-state index contributed by atoms with van der Waals surface area (Å²) in [5.41, 5.74) is 2.14. The zero-order valence-electron chi connectivity index (χ0n) is 17.6. The Labute approximate surface area is 186 Å². The lowest BCUT2D eigenvalue weighted by atomic mass is 9.87. The smallest absolute Gasteiger partial charge is 0.256 e. The van der Waals surface area contributed by atoms with E-state index < -0.39 is 0 Å². The molecule has 3 N–H and O–H groups in total. The van der Waals surface area contributed by atoms with E-state index in [-0.39, 0.29) is 17.7 Å². The van der Waals surface area contributed by atoms with Crippen molar-refractivity contribution in [3.05, 3.63) is 53.1 Å². The highest BCUT2D eigenvalue weighted by atomic mass is 32.2. The Hall–Kier alpha value is -2.80. The van der Waals surface area contributed by atoms with Crippen LogP contribution in [0.15, 0.2) is 46.2 Å². The molecule has 2 aromatic rings. The van der Waals surface area contributed by atoms with Crippen molar-refractivity contribution in [2.75, 3.05) is 18.9 Å². The second kappa shape index (κ2) is 9.56. The highest BCUT2D eigenvalue weighted by Crippen LogP contribution is 2.39. The van der Waals surface area contributed by atoms with E-state index in [2.05, 4.69) is 16.0 Å². The number of carbonyl (C=O) groups is 3. The minimum absolute atomic E-state index is 0.124. The molecule has 0 radical (unpaired) electrons. The van der Waals surface area contributed by atoms with Gasteiger partial charge < -0.3 is 16.0 Å². The normalized spacial score (nSPS) is 15.8. The van der Waals surface area contributed by atoms with Gasteiger partial charge in [-0.1, -0.05) is 43.9 Å². The molecule has 1 heterocycles. The summed E-state index contributed by atoms with van der Waals surface area (Å²) in [6.07, 6.45) is 7.48. The molecule has 7 heteroatoms. The van der Waals surface area contributed by atoms with Gasteiger partial charge in [0.1, 0.15) is 0 Å². The molecule has 0 aromatic heterocycles. The Morgan fingerprint density at radius 3 is 2.52 bits per heavy atom. The van der Waals surface area contributed by atoms with Gasteiger partial charge in [0, 0.05) is 34.5 Å². The summed E-state index contributed by atoms with van der Waals surface area (Å²) < 4.78 is 0. The maximum atomic E-state index is 12.7. The molecule has 1 fully saturated rings. The fourth-order valence-corrected chi connectivity index (χ4v) is 5.26. The van der Waals surface area contributed by atoms with Gasteiger partial charge in [-0.05, 0) is 48.7 Å². The molecular weight excluding hydrogens is 410 g/mol. The van der Waals surface area contributed by atoms with Gasteiger partial charge in [-0.3, -0.25) is 14.4 Å². The third-order valence-electron chi connectivity index (χ3n) is 5.99. The van der Waals surface area contributed by atoms with Crippen LogP contribution in [0.1, 0.15) is 69.6 Å². The predicted molar refractivity (Wildman–Crippen MR) is 122 cm³/mol. The van der Waals surface area contributed by atoms with E-state index in [1.165, 1.54) is 43.9 Å². The summed E-state index contributed by atoms with van der Waals surface area (Å²) in [7, 11) is 1.57. The molecule has 0 atom stereocenters. The number of carbonyl (C=O) groups excluding carboxylic acids is 3. The van der Waals surface area contributed by atoms with Crippen molar-refractivity contribution in [1.29, 1.82) is 0 Å². The van der Waals surface area contributed by atoms with Crippen molar-refractivity contribution in [1.82, 2.24) is 10.6 Å². The van der Waals surface area contributed by atoms with Crippen LogP contribution in [-0.4, -0.2) is 31.3 Å². The third kappa shape index (κ3) is 4.93. The van der Waals surface area contributed by atoms with Crippen molar-refractivity contribution in [2.24, 2.45) is 5.92 Å². The van der Waals surface area contributed by atoms with E-state index in [1.54, 1.807) is 37.4 Å². The Morgan fingerprint density at radius 2 is 1.74 bits per heavy atom. The number of amides is 3. The summed E-state index contributed by atoms with van der Waals surface area (Å²) in [6, 6.07) is 10.4. The molecule has 6 nitrogen and oxygen atoms in total. The van der Waals surface area contributed by atoms with Crippen LogP contribution in [0.3, 0.4) is 0 Å². The zero-order valence-corrected chi connectivity index (χ0v) is 18.4. The molecule has 2 aromatic carbocycles. The third-order valence-corrected chi connectivity index (χ3v) is 7.12. The number of hydrogen-bond donors (Lipinski definition) is 3. The molecule has 0 saturated heterocycles. The zero-order chi connectivity index (χ0) is 21.8. The van der Waals surface area contributed by atoms with Crippen molar-refractivity contribution in [3.8, 4) is 0 Å². The number of nitrogens with one attached hydrogen (secondary N) is 3. The lowest BCUT2D eigenvalue weighted by molar-refractivity contribution is 0.0946. The first-order valence-corrected chi connectivity index (χ1v) is 11.6. The number of anilines is 1. The van der Waals surface area contributed by atoms with Gasteiger partial charge in [-0.25, -0.2) is 0 Å². The maximum absolute atomic E-state index is 12.7. The van der Waals surface area contributed by atoms with E-state index >= 15 is 0 Å². The van der Waals surface area contributed by atoms with E-state index in [0.29, 0.717) is 33.8 Å². The molecule has 2 aliphatic rings. The van der Waals surface area contributed by atoms with Crippen molar-refractivity contribution in [2.45, 2.75) is 48.3 Å². The summed E-state index contributed by atoms with van der Waals surface area (Å²) in [6.45, 7) is 0.676. The molecular formula is C24H27N3O3S. The minimum atomic E-state index is -0.250. The number of rotatable bonds is 5. The summed E-state index contributed by atoms with van der Waals surface area (Å²) >= 11 is 1.41. The molecule has 1 aliphatic carbocycles. The summed E-state index contributed by atoms with van der Waals surface area (Å²) in [4.78, 5) is 38.9. The molecule has 31 heavy (non-hydrogen) atoms. The molecule has 0 unspecified atom stereocenters. The monoisotopic (exact) mass is 437 g/mol. The van der Waals surface area contributed by atoms with Crippen molar-refractivity contribution >= 4 is 35.2 Å². The molecule has 162 valence electrons. The highest BCUT2D eigenvalue weighted by molar-refractivity contribution is 7.99. The van der Waals surface area contributed by atoms with Crippen LogP contribution >= 0.6 is 11.8 Å². The average molecular weight is 438 g/mol. The van der Waals surface area contributed by atoms with Crippen LogP contribution in [0.2, 0.25) is 0 Å². The number of benzene rings is 2. The topological polar surface area (TPSA) is 87.3 Å². The van der Waals surface area contributed by atoms with Gasteiger partial charge in [0.25, 0.3) is 17.7 Å². The largest absolute Gasteiger partial charge is 0.355 e. The van der Waals surface area contributed by atoms with Crippen LogP contribution in [0.25, 0.3) is 0 Å². The Bertz CT molecular complexity index is 1020. The lowest BCUT2D eigenvalue weighted by Gasteiger charge is -2.21. The van der Waals surface area contributed by atoms with Gasteiger partial charge in [0.15, 0.2) is 0 Å². The second-order valence-electron chi connectivity index (χ2n) is 8.11. The average Bonchev–Trinajstić information content (AvgIpc) is 2.93. The van der Waals surface area contributed by atoms with Crippen LogP contribution in [0, 0.1) is 5.92 Å². The lowest BCUT2D eigenvalue weighted by Crippen LogP contribution is -2.26. The molecule has 0 spiro atoms. The van der Waals surface area contributed by atoms with E-state index in [4.69, 9.17) is 0 Å². The first kappa shape index (κ1) is 21.4. The SMILES string of the molecule is CNC(=O)c1ccc2c(c1)Sc1ccc(C(=O)NCCC3CCCCC3)cc1NC2=O. The van der Waals surface area contributed by atoms with Crippen LogP contribution in [0.4, 0.5) is 5.69 Å². The van der Waals surface area contributed by atoms with Crippen molar-refractivity contribution in [3.63, 3.8) is 0 Å². The minimum Gasteiger partial charge on any atom is -0.355 e. The fraction of sp³-hybridized carbons (Fsp3) is 0.375. The Balaban J connectivity index is 1.47. The van der Waals surface area contributed by atoms with Crippen LogP contribution in [-0.2, 0) is 0 Å². The van der Waals surface area contributed by atoms with E-state index in [1.807, 2.05) is 6.07 Å². The first-order chi connectivity index (χ1) is 15.0. The second-order valence-corrected chi connectivity index (χ2v) is 9.19. The molecule has 4 rings (SSSR count). The van der Waals surface area contributed by atoms with E-state index in [9.17, 15) is 14.4 Å². The first-order valence-electron chi connectivity index (χ1n) is 10.8. The molecule has 1 saturated carbocycles. The number of hydrogen-bond acceptors (Lipinski definition) is 4. The summed E-state index contributed by atoms with van der Waals surface area (Å²) in [5, 5.41) is 8.52. The van der Waals surface area contributed by atoms with Gasteiger partial charge in [-0.15, -0.1) is 0 Å². The van der Waals surface area contributed by atoms with Gasteiger partial charge in [0.2, 0.25) is 0 Å².